The second-order valence-corrected chi connectivity index (χ2v) is 3.34. The second-order valence-electron chi connectivity index (χ2n) is 3.34. The molecule has 1 aromatic carbocycles. The summed E-state index contributed by atoms with van der Waals surface area (Å²) in [5, 5.41) is 0. The molecule has 0 unspecified atom stereocenters. The Morgan fingerprint density at radius 3 is 2.40 bits per heavy atom. The first-order valence-corrected chi connectivity index (χ1v) is 4.77. The third-order valence-electron chi connectivity index (χ3n) is 2.26. The molecule has 0 bridgehead atoms. The average molecular weight is 199 g/mol. The van der Waals surface area contributed by atoms with E-state index in [2.05, 4.69) is 4.98 Å². The van der Waals surface area contributed by atoms with Crippen molar-refractivity contribution in [2.45, 2.75) is 0 Å². The first-order chi connectivity index (χ1) is 7.27. The Balaban J connectivity index is 2.29. The van der Waals surface area contributed by atoms with Gasteiger partial charge in [0.2, 0.25) is 0 Å². The summed E-state index contributed by atoms with van der Waals surface area (Å²) in [6, 6.07) is 13.8. The highest BCUT2D eigenvalue weighted by molar-refractivity contribution is 5.59. The maximum absolute atomic E-state index is 5.58. The van der Waals surface area contributed by atoms with E-state index in [-0.39, 0.29) is 0 Å². The van der Waals surface area contributed by atoms with Crippen LogP contribution in [0.3, 0.4) is 0 Å². The Morgan fingerprint density at radius 2 is 1.80 bits per heavy atom. The molecule has 0 aliphatic heterocycles. The van der Waals surface area contributed by atoms with E-state index in [0.717, 1.165) is 11.5 Å². The van der Waals surface area contributed by atoms with Crippen LogP contribution in [0.25, 0.3) is 0 Å². The minimum absolute atomic E-state index is 0.681. The quantitative estimate of drug-likeness (QED) is 0.807. The van der Waals surface area contributed by atoms with Crippen LogP contribution in [0, 0.1) is 0 Å². The minimum Gasteiger partial charge on any atom is -0.397 e. The number of hydrogen-bond donors (Lipinski definition) is 1. The summed E-state index contributed by atoms with van der Waals surface area (Å²) < 4.78 is 0. The average Bonchev–Trinajstić information content (AvgIpc) is 2.30. The summed E-state index contributed by atoms with van der Waals surface area (Å²) in [4.78, 5) is 6.27. The van der Waals surface area contributed by atoms with Gasteiger partial charge in [-0.15, -0.1) is 0 Å². The first-order valence-electron chi connectivity index (χ1n) is 4.77. The molecule has 1 aromatic heterocycles. The van der Waals surface area contributed by atoms with Gasteiger partial charge < -0.3 is 10.6 Å². The summed E-state index contributed by atoms with van der Waals surface area (Å²) in [5.41, 5.74) is 7.37. The van der Waals surface area contributed by atoms with Crippen molar-refractivity contribution in [3.63, 3.8) is 0 Å². The van der Waals surface area contributed by atoms with Crippen molar-refractivity contribution in [2.24, 2.45) is 0 Å². The fraction of sp³-hybridized carbons (Fsp3) is 0.0833. The summed E-state index contributed by atoms with van der Waals surface area (Å²) in [5.74, 6) is 0.885. The number of nitrogen functional groups attached to an aromatic ring is 1. The molecule has 3 nitrogen and oxygen atoms in total. The van der Waals surface area contributed by atoms with Gasteiger partial charge in [0.15, 0.2) is 0 Å². The van der Waals surface area contributed by atoms with E-state index >= 15 is 0 Å². The lowest BCUT2D eigenvalue weighted by Gasteiger charge is -2.17. The maximum Gasteiger partial charge on any atom is 0.132 e. The normalized spacial score (nSPS) is 9.93. The number of pyridine rings is 1. The van der Waals surface area contributed by atoms with Gasteiger partial charge in [0.05, 0.1) is 11.9 Å². The Bertz CT molecular complexity index is 422. The molecule has 0 atom stereocenters. The molecule has 0 amide bonds. The van der Waals surface area contributed by atoms with Crippen molar-refractivity contribution in [3.05, 3.63) is 48.7 Å². The van der Waals surface area contributed by atoms with Crippen LogP contribution in [0.1, 0.15) is 0 Å². The smallest absolute Gasteiger partial charge is 0.132 e. The van der Waals surface area contributed by atoms with Gasteiger partial charge >= 0.3 is 0 Å². The van der Waals surface area contributed by atoms with Crippen LogP contribution in [-0.2, 0) is 0 Å². The van der Waals surface area contributed by atoms with Gasteiger partial charge in [-0.05, 0) is 24.3 Å². The van der Waals surface area contributed by atoms with Gasteiger partial charge in [0, 0.05) is 12.7 Å². The van der Waals surface area contributed by atoms with Crippen LogP contribution in [0.5, 0.6) is 0 Å². The molecule has 2 aromatic rings. The molecule has 0 saturated carbocycles. The minimum atomic E-state index is 0.681. The van der Waals surface area contributed by atoms with Crippen LogP contribution < -0.4 is 10.6 Å². The lowest BCUT2D eigenvalue weighted by atomic mass is 10.3. The lowest BCUT2D eigenvalue weighted by Crippen LogP contribution is -2.10. The molecule has 2 rings (SSSR count). The van der Waals surface area contributed by atoms with Crippen molar-refractivity contribution in [3.8, 4) is 0 Å². The fourth-order valence-corrected chi connectivity index (χ4v) is 1.38. The van der Waals surface area contributed by atoms with Crippen molar-refractivity contribution in [2.75, 3.05) is 17.7 Å². The van der Waals surface area contributed by atoms with Gasteiger partial charge in [0.1, 0.15) is 5.82 Å². The number of para-hydroxylation sites is 1. The molecule has 76 valence electrons. The highest BCUT2D eigenvalue weighted by Gasteiger charge is 2.03. The molecule has 0 radical (unpaired) electrons. The highest BCUT2D eigenvalue weighted by Crippen LogP contribution is 2.20. The summed E-state index contributed by atoms with van der Waals surface area (Å²) >= 11 is 0. The first kappa shape index (κ1) is 9.52. The summed E-state index contributed by atoms with van der Waals surface area (Å²) in [6.07, 6.45) is 1.66. The van der Waals surface area contributed by atoms with E-state index in [1.807, 2.05) is 54.4 Å². The Morgan fingerprint density at radius 1 is 1.07 bits per heavy atom. The molecular weight excluding hydrogens is 186 g/mol. The van der Waals surface area contributed by atoms with Crippen molar-refractivity contribution >= 4 is 17.2 Å². The Labute approximate surface area is 89.2 Å². The molecule has 15 heavy (non-hydrogen) atoms. The van der Waals surface area contributed by atoms with Crippen molar-refractivity contribution < 1.29 is 0 Å². The largest absolute Gasteiger partial charge is 0.397 e. The molecule has 3 heteroatoms. The molecule has 0 aliphatic rings. The summed E-state index contributed by atoms with van der Waals surface area (Å²) in [6.45, 7) is 0. The molecule has 0 fully saturated rings. The van der Waals surface area contributed by atoms with Gasteiger partial charge in [-0.2, -0.15) is 0 Å². The number of aromatic nitrogens is 1. The number of hydrogen-bond acceptors (Lipinski definition) is 3. The number of benzene rings is 1. The van der Waals surface area contributed by atoms with E-state index in [0.29, 0.717) is 5.69 Å². The predicted molar refractivity (Wildman–Crippen MR) is 63.2 cm³/mol. The standard InChI is InChI=1S/C12H13N3/c1-15(11-5-3-2-4-6-11)12-8-7-10(13)9-14-12/h2-9H,13H2,1H3. The van der Waals surface area contributed by atoms with E-state index < -0.39 is 0 Å². The third-order valence-corrected chi connectivity index (χ3v) is 2.26. The number of nitrogens with zero attached hydrogens (tertiary/aromatic N) is 2. The van der Waals surface area contributed by atoms with E-state index in [1.54, 1.807) is 6.20 Å². The van der Waals surface area contributed by atoms with Crippen LogP contribution in [-0.4, -0.2) is 12.0 Å². The van der Waals surface area contributed by atoms with Gasteiger partial charge in [-0.3, -0.25) is 0 Å². The van der Waals surface area contributed by atoms with Gasteiger partial charge in [0.25, 0.3) is 0 Å². The topological polar surface area (TPSA) is 42.1 Å². The maximum atomic E-state index is 5.58. The number of nitrogens with two attached hydrogens (primary N) is 1. The molecule has 0 spiro atoms. The monoisotopic (exact) mass is 199 g/mol. The van der Waals surface area contributed by atoms with E-state index in [9.17, 15) is 0 Å². The van der Waals surface area contributed by atoms with Crippen molar-refractivity contribution in [1.29, 1.82) is 0 Å². The number of anilines is 3. The zero-order valence-corrected chi connectivity index (χ0v) is 8.59. The van der Waals surface area contributed by atoms with Gasteiger partial charge in [-0.25, -0.2) is 4.98 Å². The zero-order valence-electron chi connectivity index (χ0n) is 8.59. The fourth-order valence-electron chi connectivity index (χ4n) is 1.38. The van der Waals surface area contributed by atoms with Crippen LogP contribution in [0.4, 0.5) is 17.2 Å². The zero-order chi connectivity index (χ0) is 10.7. The van der Waals surface area contributed by atoms with E-state index in [1.165, 1.54) is 0 Å². The molecule has 2 N–H and O–H groups in total. The summed E-state index contributed by atoms with van der Waals surface area (Å²) in [7, 11) is 1.98. The third kappa shape index (κ3) is 2.07. The van der Waals surface area contributed by atoms with Crippen LogP contribution >= 0.6 is 0 Å². The van der Waals surface area contributed by atoms with Crippen LogP contribution in [0.15, 0.2) is 48.7 Å². The number of rotatable bonds is 2. The molecule has 0 saturated heterocycles. The van der Waals surface area contributed by atoms with Crippen molar-refractivity contribution in [1.82, 2.24) is 4.98 Å². The second kappa shape index (κ2) is 4.00. The predicted octanol–water partition coefficient (Wildman–Crippen LogP) is 2.43. The molecule has 0 aliphatic carbocycles. The molecular formula is C12H13N3. The molecule has 1 heterocycles. The lowest BCUT2D eigenvalue weighted by molar-refractivity contribution is 1.13. The SMILES string of the molecule is CN(c1ccccc1)c1ccc(N)cn1. The Hall–Kier alpha value is -2.03. The Kier molecular flexibility index (Phi) is 2.54. The van der Waals surface area contributed by atoms with E-state index in [4.69, 9.17) is 5.73 Å². The van der Waals surface area contributed by atoms with Gasteiger partial charge in [-0.1, -0.05) is 18.2 Å². The van der Waals surface area contributed by atoms with Crippen LogP contribution in [0.2, 0.25) is 0 Å². The highest BCUT2D eigenvalue weighted by atomic mass is 15.2.